The van der Waals surface area contributed by atoms with Gasteiger partial charge in [0.1, 0.15) is 5.82 Å². The molecule has 2 aromatic heterocycles. The zero-order valence-electron chi connectivity index (χ0n) is 25.9. The van der Waals surface area contributed by atoms with Crippen molar-refractivity contribution in [3.05, 3.63) is 66.1 Å². The van der Waals surface area contributed by atoms with Crippen LogP contribution in [0, 0.1) is 11.3 Å². The van der Waals surface area contributed by atoms with Crippen LogP contribution in [0.2, 0.25) is 0 Å². The van der Waals surface area contributed by atoms with E-state index >= 15 is 0 Å². The van der Waals surface area contributed by atoms with Gasteiger partial charge in [-0.05, 0) is 124 Å². The molecule has 4 fully saturated rings. The molecule has 4 aliphatic rings. The van der Waals surface area contributed by atoms with Gasteiger partial charge in [-0.3, -0.25) is 14.4 Å². The van der Waals surface area contributed by atoms with Crippen molar-refractivity contribution in [3.8, 4) is 11.1 Å². The van der Waals surface area contributed by atoms with Gasteiger partial charge in [0.2, 0.25) is 5.91 Å². The van der Waals surface area contributed by atoms with Crippen molar-refractivity contribution in [3.63, 3.8) is 0 Å². The molecule has 4 aliphatic carbocycles. The van der Waals surface area contributed by atoms with Crippen LogP contribution in [0.25, 0.3) is 11.1 Å². The molecule has 0 spiro atoms. The Morgan fingerprint density at radius 3 is 2.21 bits per heavy atom. The molecule has 1 N–H and O–H groups in total. The van der Waals surface area contributed by atoms with Gasteiger partial charge in [-0.15, -0.1) is 0 Å². The molecular weight excluding hydrogens is 520 g/mol. The molecule has 6 heteroatoms. The lowest BCUT2D eigenvalue weighted by Crippen LogP contribution is -2.52. The minimum absolute atomic E-state index is 0.0512. The lowest BCUT2D eigenvalue weighted by Gasteiger charge is -2.55. The summed E-state index contributed by atoms with van der Waals surface area (Å²) < 4.78 is 1.97. The number of anilines is 1. The van der Waals surface area contributed by atoms with E-state index in [1.165, 1.54) is 30.4 Å². The van der Waals surface area contributed by atoms with E-state index in [-0.39, 0.29) is 34.8 Å². The predicted octanol–water partition coefficient (Wildman–Crippen LogP) is 7.83. The first-order valence-corrected chi connectivity index (χ1v) is 16.3. The molecule has 0 saturated heterocycles. The largest absolute Gasteiger partial charge is 0.393 e. The Morgan fingerprint density at radius 1 is 0.952 bits per heavy atom. The SMILES string of the molecule is CC(C)c1ccc(C23CCC(CN(C(=O)C4CCC(O)CC4)c4cc(-c5cnn(C(C)C)c5)ccn4)(CC2)CC3)cc1. The Labute approximate surface area is 251 Å². The molecule has 0 radical (unpaired) electrons. The van der Waals surface area contributed by atoms with Crippen LogP contribution in [-0.4, -0.2) is 38.4 Å². The number of aromatic nitrogens is 3. The summed E-state index contributed by atoms with van der Waals surface area (Å²) in [6.07, 6.45) is 15.5. The first-order chi connectivity index (χ1) is 20.2. The van der Waals surface area contributed by atoms with Gasteiger partial charge >= 0.3 is 0 Å². The lowest BCUT2D eigenvalue weighted by atomic mass is 9.51. The molecule has 0 unspecified atom stereocenters. The molecule has 7 rings (SSSR count). The van der Waals surface area contributed by atoms with Gasteiger partial charge in [-0.2, -0.15) is 5.10 Å². The Kier molecular flexibility index (Phi) is 8.03. The van der Waals surface area contributed by atoms with Crippen LogP contribution >= 0.6 is 0 Å². The topological polar surface area (TPSA) is 71.2 Å². The zero-order valence-corrected chi connectivity index (χ0v) is 25.9. The van der Waals surface area contributed by atoms with E-state index in [9.17, 15) is 9.90 Å². The van der Waals surface area contributed by atoms with Crippen LogP contribution in [0.5, 0.6) is 0 Å². The van der Waals surface area contributed by atoms with Gasteiger partial charge in [-0.25, -0.2) is 4.98 Å². The summed E-state index contributed by atoms with van der Waals surface area (Å²) in [5.74, 6) is 1.44. The highest BCUT2D eigenvalue weighted by Crippen LogP contribution is 2.58. The van der Waals surface area contributed by atoms with Crippen molar-refractivity contribution in [1.29, 1.82) is 0 Å². The van der Waals surface area contributed by atoms with Crippen LogP contribution in [0.3, 0.4) is 0 Å². The minimum atomic E-state index is -0.278. The highest BCUT2D eigenvalue weighted by atomic mass is 16.3. The van der Waals surface area contributed by atoms with Crippen LogP contribution in [-0.2, 0) is 10.2 Å². The number of rotatable bonds is 8. The Bertz CT molecular complexity index is 1360. The second-order valence-electron chi connectivity index (χ2n) is 14.2. The number of carbonyl (C=O) groups excluding carboxylic acids is 1. The summed E-state index contributed by atoms with van der Waals surface area (Å²) >= 11 is 0. The number of carbonyl (C=O) groups is 1. The summed E-state index contributed by atoms with van der Waals surface area (Å²) in [6.45, 7) is 9.50. The molecule has 224 valence electrons. The zero-order chi connectivity index (χ0) is 29.5. The maximum Gasteiger partial charge on any atom is 0.231 e. The number of hydrogen-bond donors (Lipinski definition) is 1. The first-order valence-electron chi connectivity index (χ1n) is 16.3. The molecule has 4 saturated carbocycles. The molecule has 2 bridgehead atoms. The fourth-order valence-electron chi connectivity index (χ4n) is 7.82. The summed E-state index contributed by atoms with van der Waals surface area (Å²) in [7, 11) is 0. The van der Waals surface area contributed by atoms with Crippen molar-refractivity contribution in [2.45, 2.75) is 115 Å². The molecular formula is C36H48N4O2. The molecule has 42 heavy (non-hydrogen) atoms. The van der Waals surface area contributed by atoms with Gasteiger partial charge < -0.3 is 5.11 Å². The molecule has 1 amide bonds. The third kappa shape index (κ3) is 5.67. The smallest absolute Gasteiger partial charge is 0.231 e. The quantitative estimate of drug-likeness (QED) is 0.301. The number of benzene rings is 1. The Hall–Kier alpha value is -2.99. The van der Waals surface area contributed by atoms with Crippen LogP contribution in [0.1, 0.15) is 115 Å². The van der Waals surface area contributed by atoms with E-state index in [0.29, 0.717) is 18.8 Å². The van der Waals surface area contributed by atoms with Crippen LogP contribution in [0.15, 0.2) is 55.0 Å². The Balaban J connectivity index is 1.25. The third-order valence-electron chi connectivity index (χ3n) is 10.9. The lowest BCUT2D eigenvalue weighted by molar-refractivity contribution is -0.124. The second-order valence-corrected chi connectivity index (χ2v) is 14.2. The molecule has 0 aliphatic heterocycles. The van der Waals surface area contributed by atoms with Gasteiger partial charge in [0.05, 0.1) is 12.3 Å². The van der Waals surface area contributed by atoms with E-state index in [1.54, 1.807) is 0 Å². The fraction of sp³-hybridized carbons (Fsp3) is 0.583. The van der Waals surface area contributed by atoms with Crippen LogP contribution < -0.4 is 4.90 Å². The van der Waals surface area contributed by atoms with Crippen LogP contribution in [0.4, 0.5) is 5.82 Å². The van der Waals surface area contributed by atoms with Gasteiger partial charge in [0.25, 0.3) is 0 Å². The first kappa shape index (κ1) is 29.1. The summed E-state index contributed by atoms with van der Waals surface area (Å²) in [5.41, 5.74) is 5.40. The number of pyridine rings is 1. The minimum Gasteiger partial charge on any atom is -0.393 e. The second kappa shape index (κ2) is 11.6. The van der Waals surface area contributed by atoms with E-state index in [0.717, 1.165) is 55.6 Å². The average Bonchev–Trinajstić information content (AvgIpc) is 3.52. The van der Waals surface area contributed by atoms with Crippen molar-refractivity contribution >= 4 is 11.7 Å². The number of amides is 1. The molecule has 6 nitrogen and oxygen atoms in total. The maximum atomic E-state index is 14.3. The number of aliphatic hydroxyl groups is 1. The molecule has 0 atom stereocenters. The summed E-state index contributed by atoms with van der Waals surface area (Å²) in [4.78, 5) is 21.1. The summed E-state index contributed by atoms with van der Waals surface area (Å²) in [6, 6.07) is 13.8. The molecule has 3 aromatic rings. The van der Waals surface area contributed by atoms with Gasteiger partial charge in [-0.1, -0.05) is 38.1 Å². The highest BCUT2D eigenvalue weighted by molar-refractivity contribution is 5.95. The van der Waals surface area contributed by atoms with E-state index in [1.807, 2.05) is 28.0 Å². The normalized spacial score (nSPS) is 27.5. The maximum absolute atomic E-state index is 14.3. The van der Waals surface area contributed by atoms with E-state index in [4.69, 9.17) is 4.98 Å². The molecule has 2 heterocycles. The van der Waals surface area contributed by atoms with Crippen molar-refractivity contribution in [2.24, 2.45) is 11.3 Å². The fourth-order valence-corrected chi connectivity index (χ4v) is 7.82. The average molecular weight is 569 g/mol. The number of nitrogens with zero attached hydrogens (tertiary/aromatic N) is 4. The standard InChI is InChI=1S/C36H48N4O2/c1-25(2)27-5-9-31(10-6-27)36-17-14-35(15-18-36,16-19-36)24-39(34(42)28-7-11-32(41)12-8-28)33-21-29(13-20-37-33)30-22-38-40(23-30)26(3)4/h5-6,9-10,13,20-23,25-26,28,32,41H,7-8,11-12,14-19,24H2,1-4H3. The Morgan fingerprint density at radius 2 is 1.62 bits per heavy atom. The number of hydrogen-bond acceptors (Lipinski definition) is 4. The molecule has 1 aromatic carbocycles. The van der Waals surface area contributed by atoms with Crippen molar-refractivity contribution in [1.82, 2.24) is 14.8 Å². The monoisotopic (exact) mass is 568 g/mol. The number of aliphatic hydroxyl groups excluding tert-OH is 1. The third-order valence-corrected chi connectivity index (χ3v) is 10.9. The van der Waals surface area contributed by atoms with Gasteiger partial charge in [0, 0.05) is 36.5 Å². The van der Waals surface area contributed by atoms with Crippen molar-refractivity contribution < 1.29 is 9.90 Å². The predicted molar refractivity (Wildman–Crippen MR) is 169 cm³/mol. The van der Waals surface area contributed by atoms with E-state index in [2.05, 4.69) is 69.3 Å². The van der Waals surface area contributed by atoms with Gasteiger partial charge in [0.15, 0.2) is 0 Å². The van der Waals surface area contributed by atoms with E-state index < -0.39 is 0 Å². The van der Waals surface area contributed by atoms with Crippen molar-refractivity contribution in [2.75, 3.05) is 11.4 Å². The highest BCUT2D eigenvalue weighted by Gasteiger charge is 2.50. The summed E-state index contributed by atoms with van der Waals surface area (Å²) in [5, 5.41) is 14.7. The number of fused-ring (bicyclic) bond motifs is 3.